The van der Waals surface area contributed by atoms with Gasteiger partial charge in [-0.1, -0.05) is 5.21 Å². The van der Waals surface area contributed by atoms with E-state index in [-0.39, 0.29) is 11.3 Å². The number of ether oxygens (including phenoxy) is 1. The van der Waals surface area contributed by atoms with Gasteiger partial charge in [0.05, 0.1) is 19.3 Å². The van der Waals surface area contributed by atoms with Crippen LogP contribution in [0.5, 0.6) is 0 Å². The Kier molecular flexibility index (Phi) is 3.24. The summed E-state index contributed by atoms with van der Waals surface area (Å²) in [6, 6.07) is 0.231. The summed E-state index contributed by atoms with van der Waals surface area (Å²) >= 11 is 6.03. The summed E-state index contributed by atoms with van der Waals surface area (Å²) in [4.78, 5) is 10.7. The van der Waals surface area contributed by atoms with Crippen molar-refractivity contribution in [3.05, 3.63) is 5.28 Å². The van der Waals surface area contributed by atoms with Gasteiger partial charge in [-0.3, -0.25) is 0 Å². The van der Waals surface area contributed by atoms with Crippen molar-refractivity contribution in [1.29, 1.82) is 0 Å². The van der Waals surface area contributed by atoms with Crippen molar-refractivity contribution in [3.8, 4) is 0 Å². The zero-order valence-electron chi connectivity index (χ0n) is 10.9. The van der Waals surface area contributed by atoms with Crippen molar-refractivity contribution in [3.63, 3.8) is 0 Å². The van der Waals surface area contributed by atoms with Crippen LogP contribution in [0.15, 0.2) is 0 Å². The van der Waals surface area contributed by atoms with Crippen LogP contribution in [-0.4, -0.2) is 50.8 Å². The van der Waals surface area contributed by atoms with Crippen LogP contribution in [0.1, 0.15) is 13.8 Å². The summed E-state index contributed by atoms with van der Waals surface area (Å²) < 4.78 is 7.16. The Balaban J connectivity index is 2.14. The van der Waals surface area contributed by atoms with Crippen LogP contribution < -0.4 is 4.90 Å². The Hall–Kier alpha value is -1.47. The number of nitrogens with zero attached hydrogens (tertiary/aromatic N) is 6. The summed E-state index contributed by atoms with van der Waals surface area (Å²) in [6.45, 7) is 6.89. The van der Waals surface area contributed by atoms with Crippen LogP contribution in [0, 0.1) is 0 Å². The normalized spacial score (nSPS) is 20.2. The summed E-state index contributed by atoms with van der Waals surface area (Å²) in [5.74, 6) is 0.741. The van der Waals surface area contributed by atoms with Gasteiger partial charge >= 0.3 is 0 Å². The monoisotopic (exact) mass is 282 g/mol. The highest BCUT2D eigenvalue weighted by atomic mass is 35.5. The predicted octanol–water partition coefficient (Wildman–Crippen LogP) is 1.12. The van der Waals surface area contributed by atoms with Crippen LogP contribution in [0.25, 0.3) is 11.2 Å². The van der Waals surface area contributed by atoms with Gasteiger partial charge in [0.1, 0.15) is 0 Å². The third-order valence-electron chi connectivity index (χ3n) is 3.26. The SMILES string of the molecule is CCn1nnc2c(N3CCOCC3C)nc(Cl)nc21. The molecule has 0 aromatic carbocycles. The van der Waals surface area contributed by atoms with Gasteiger partial charge < -0.3 is 9.64 Å². The maximum atomic E-state index is 6.03. The molecule has 1 fully saturated rings. The number of anilines is 1. The lowest BCUT2D eigenvalue weighted by atomic mass is 10.2. The Morgan fingerprint density at radius 2 is 2.26 bits per heavy atom. The molecule has 3 heterocycles. The van der Waals surface area contributed by atoms with E-state index in [1.807, 2.05) is 6.92 Å². The fourth-order valence-electron chi connectivity index (χ4n) is 2.27. The maximum Gasteiger partial charge on any atom is 0.226 e. The summed E-state index contributed by atoms with van der Waals surface area (Å²) in [7, 11) is 0. The Bertz CT molecular complexity index is 600. The van der Waals surface area contributed by atoms with Crippen molar-refractivity contribution in [2.75, 3.05) is 24.7 Å². The van der Waals surface area contributed by atoms with E-state index in [4.69, 9.17) is 16.3 Å². The van der Waals surface area contributed by atoms with E-state index in [0.29, 0.717) is 30.9 Å². The summed E-state index contributed by atoms with van der Waals surface area (Å²) in [5, 5.41) is 8.49. The number of aromatic nitrogens is 5. The summed E-state index contributed by atoms with van der Waals surface area (Å²) in [5.41, 5.74) is 1.37. The first-order valence-electron chi connectivity index (χ1n) is 6.31. The van der Waals surface area contributed by atoms with E-state index in [9.17, 15) is 0 Å². The molecule has 0 radical (unpaired) electrons. The molecular formula is C11H15ClN6O. The van der Waals surface area contributed by atoms with Gasteiger partial charge in [-0.05, 0) is 25.4 Å². The average molecular weight is 283 g/mol. The molecule has 0 amide bonds. The van der Waals surface area contributed by atoms with Gasteiger partial charge in [-0.2, -0.15) is 9.97 Å². The molecular weight excluding hydrogens is 268 g/mol. The highest BCUT2D eigenvalue weighted by Crippen LogP contribution is 2.26. The molecule has 102 valence electrons. The number of hydrogen-bond acceptors (Lipinski definition) is 6. The number of rotatable bonds is 2. The van der Waals surface area contributed by atoms with Crippen molar-refractivity contribution in [1.82, 2.24) is 25.0 Å². The van der Waals surface area contributed by atoms with E-state index in [1.165, 1.54) is 0 Å². The third kappa shape index (κ3) is 2.12. The average Bonchev–Trinajstić information content (AvgIpc) is 2.81. The number of hydrogen-bond donors (Lipinski definition) is 0. The van der Waals surface area contributed by atoms with E-state index in [0.717, 1.165) is 12.4 Å². The molecule has 19 heavy (non-hydrogen) atoms. The first kappa shape index (κ1) is 12.6. The van der Waals surface area contributed by atoms with E-state index in [2.05, 4.69) is 32.1 Å². The minimum Gasteiger partial charge on any atom is -0.377 e. The minimum absolute atomic E-state index is 0.221. The van der Waals surface area contributed by atoms with Gasteiger partial charge in [0.15, 0.2) is 17.0 Å². The molecule has 0 aliphatic carbocycles. The molecule has 0 spiro atoms. The largest absolute Gasteiger partial charge is 0.377 e. The van der Waals surface area contributed by atoms with Crippen LogP contribution in [0.2, 0.25) is 5.28 Å². The molecule has 3 rings (SSSR count). The first-order chi connectivity index (χ1) is 9.20. The molecule has 1 aliphatic rings. The molecule has 2 aromatic heterocycles. The molecule has 0 saturated carbocycles. The standard InChI is InChI=1S/C11H15ClN6O/c1-3-18-10-8(15-16-18)9(13-11(12)14-10)17-4-5-19-6-7(17)2/h7H,3-6H2,1-2H3. The molecule has 1 saturated heterocycles. The second-order valence-corrected chi connectivity index (χ2v) is 4.85. The van der Waals surface area contributed by atoms with Gasteiger partial charge in [0, 0.05) is 13.1 Å². The summed E-state index contributed by atoms with van der Waals surface area (Å²) in [6.07, 6.45) is 0. The molecule has 1 unspecified atom stereocenters. The van der Waals surface area contributed by atoms with Crippen molar-refractivity contribution in [2.24, 2.45) is 0 Å². The Morgan fingerprint density at radius 3 is 3.00 bits per heavy atom. The lowest BCUT2D eigenvalue weighted by Crippen LogP contribution is -2.44. The van der Waals surface area contributed by atoms with Crippen LogP contribution in [0.3, 0.4) is 0 Å². The number of aryl methyl sites for hydroxylation is 1. The lowest BCUT2D eigenvalue weighted by Gasteiger charge is -2.34. The lowest BCUT2D eigenvalue weighted by molar-refractivity contribution is 0.0986. The quantitative estimate of drug-likeness (QED) is 0.769. The van der Waals surface area contributed by atoms with E-state index >= 15 is 0 Å². The first-order valence-corrected chi connectivity index (χ1v) is 6.69. The minimum atomic E-state index is 0.221. The second-order valence-electron chi connectivity index (χ2n) is 4.51. The Morgan fingerprint density at radius 1 is 1.42 bits per heavy atom. The van der Waals surface area contributed by atoms with E-state index < -0.39 is 0 Å². The van der Waals surface area contributed by atoms with Crippen LogP contribution in [0.4, 0.5) is 5.82 Å². The zero-order valence-corrected chi connectivity index (χ0v) is 11.6. The topological polar surface area (TPSA) is 69.0 Å². The fraction of sp³-hybridized carbons (Fsp3) is 0.636. The smallest absolute Gasteiger partial charge is 0.226 e. The Labute approximate surface area is 115 Å². The highest BCUT2D eigenvalue weighted by Gasteiger charge is 2.25. The zero-order chi connectivity index (χ0) is 13.4. The van der Waals surface area contributed by atoms with Crippen LogP contribution in [-0.2, 0) is 11.3 Å². The van der Waals surface area contributed by atoms with E-state index in [1.54, 1.807) is 4.68 Å². The molecule has 8 heteroatoms. The van der Waals surface area contributed by atoms with Crippen molar-refractivity contribution < 1.29 is 4.74 Å². The molecule has 0 N–H and O–H groups in total. The van der Waals surface area contributed by atoms with Crippen molar-refractivity contribution >= 4 is 28.6 Å². The van der Waals surface area contributed by atoms with Gasteiger partial charge in [0.25, 0.3) is 0 Å². The molecule has 2 aromatic rings. The number of morpholine rings is 1. The maximum absolute atomic E-state index is 6.03. The van der Waals surface area contributed by atoms with Crippen LogP contribution >= 0.6 is 11.6 Å². The number of fused-ring (bicyclic) bond motifs is 1. The van der Waals surface area contributed by atoms with Gasteiger partial charge in [0.2, 0.25) is 5.28 Å². The second kappa shape index (κ2) is 4.90. The molecule has 7 nitrogen and oxygen atoms in total. The van der Waals surface area contributed by atoms with Gasteiger partial charge in [-0.15, -0.1) is 5.10 Å². The number of halogens is 1. The predicted molar refractivity (Wildman–Crippen MR) is 71.4 cm³/mol. The molecule has 1 aliphatic heterocycles. The fourth-order valence-corrected chi connectivity index (χ4v) is 2.43. The highest BCUT2D eigenvalue weighted by molar-refractivity contribution is 6.28. The molecule has 0 bridgehead atoms. The molecule has 1 atom stereocenters. The van der Waals surface area contributed by atoms with Gasteiger partial charge in [-0.25, -0.2) is 4.68 Å². The van der Waals surface area contributed by atoms with Crippen molar-refractivity contribution in [2.45, 2.75) is 26.4 Å². The third-order valence-corrected chi connectivity index (χ3v) is 3.43.